The van der Waals surface area contributed by atoms with Crippen molar-refractivity contribution in [2.24, 2.45) is 0 Å². The molecule has 0 saturated heterocycles. The van der Waals surface area contributed by atoms with Gasteiger partial charge in [0.1, 0.15) is 11.5 Å². The van der Waals surface area contributed by atoms with Crippen LogP contribution in [0.2, 0.25) is 0 Å². The SMILES string of the molecule is COc1ccc(OC)c(C(CO)NCc2ccccc2)c1. The van der Waals surface area contributed by atoms with Gasteiger partial charge in [0.25, 0.3) is 0 Å². The maximum absolute atomic E-state index is 9.68. The summed E-state index contributed by atoms with van der Waals surface area (Å²) in [7, 11) is 3.24. The highest BCUT2D eigenvalue weighted by atomic mass is 16.5. The zero-order valence-corrected chi connectivity index (χ0v) is 12.4. The van der Waals surface area contributed by atoms with E-state index in [1.165, 1.54) is 0 Å². The molecule has 0 heterocycles. The Morgan fingerprint density at radius 2 is 1.81 bits per heavy atom. The minimum absolute atomic E-state index is 0.0175. The van der Waals surface area contributed by atoms with E-state index in [4.69, 9.17) is 9.47 Å². The lowest BCUT2D eigenvalue weighted by atomic mass is 10.1. The molecule has 0 saturated carbocycles. The lowest BCUT2D eigenvalue weighted by molar-refractivity contribution is 0.240. The van der Waals surface area contributed by atoms with E-state index in [-0.39, 0.29) is 12.6 Å². The second kappa shape index (κ2) is 7.67. The third-order valence-corrected chi connectivity index (χ3v) is 3.39. The molecule has 2 aromatic carbocycles. The molecule has 2 rings (SSSR count). The van der Waals surface area contributed by atoms with Crippen LogP contribution in [0.5, 0.6) is 11.5 Å². The number of aliphatic hydroxyl groups excluding tert-OH is 1. The highest BCUT2D eigenvalue weighted by molar-refractivity contribution is 5.42. The fraction of sp³-hybridized carbons (Fsp3) is 0.294. The predicted octanol–water partition coefficient (Wildman–Crippen LogP) is 2.53. The number of aliphatic hydroxyl groups is 1. The standard InChI is InChI=1S/C17H21NO3/c1-20-14-8-9-17(21-2)15(10-14)16(12-19)18-11-13-6-4-3-5-7-13/h3-10,16,18-19H,11-12H2,1-2H3. The van der Waals surface area contributed by atoms with Crippen LogP contribution in [-0.2, 0) is 6.54 Å². The van der Waals surface area contributed by atoms with Gasteiger partial charge in [-0.3, -0.25) is 0 Å². The zero-order chi connectivity index (χ0) is 15.1. The molecule has 2 N–H and O–H groups in total. The van der Waals surface area contributed by atoms with E-state index >= 15 is 0 Å². The first kappa shape index (κ1) is 15.4. The maximum Gasteiger partial charge on any atom is 0.123 e. The average molecular weight is 287 g/mol. The fourth-order valence-corrected chi connectivity index (χ4v) is 2.22. The van der Waals surface area contributed by atoms with Crippen molar-refractivity contribution in [2.45, 2.75) is 12.6 Å². The molecule has 1 unspecified atom stereocenters. The summed E-state index contributed by atoms with van der Waals surface area (Å²) in [6, 6.07) is 15.4. The van der Waals surface area contributed by atoms with Crippen LogP contribution in [-0.4, -0.2) is 25.9 Å². The highest BCUT2D eigenvalue weighted by Gasteiger charge is 2.16. The summed E-state index contributed by atoms with van der Waals surface area (Å²) in [5, 5.41) is 13.0. The number of hydrogen-bond donors (Lipinski definition) is 2. The lowest BCUT2D eigenvalue weighted by Gasteiger charge is -2.20. The Hall–Kier alpha value is -2.04. The van der Waals surface area contributed by atoms with Crippen molar-refractivity contribution in [1.29, 1.82) is 0 Å². The van der Waals surface area contributed by atoms with Gasteiger partial charge in [-0.1, -0.05) is 30.3 Å². The molecule has 0 aliphatic heterocycles. The average Bonchev–Trinajstić information content (AvgIpc) is 2.56. The Bertz CT molecular complexity index is 557. The van der Waals surface area contributed by atoms with Crippen molar-refractivity contribution in [2.75, 3.05) is 20.8 Å². The topological polar surface area (TPSA) is 50.7 Å². The van der Waals surface area contributed by atoms with E-state index in [0.717, 1.165) is 22.6 Å². The minimum atomic E-state index is -0.213. The van der Waals surface area contributed by atoms with Crippen LogP contribution in [0, 0.1) is 0 Å². The van der Waals surface area contributed by atoms with E-state index in [1.807, 2.05) is 48.5 Å². The number of methoxy groups -OCH3 is 2. The normalized spacial score (nSPS) is 12.0. The van der Waals surface area contributed by atoms with Gasteiger partial charge >= 0.3 is 0 Å². The van der Waals surface area contributed by atoms with Crippen molar-refractivity contribution in [3.05, 3.63) is 59.7 Å². The van der Waals surface area contributed by atoms with Crippen LogP contribution in [0.1, 0.15) is 17.2 Å². The van der Waals surface area contributed by atoms with Gasteiger partial charge in [0.2, 0.25) is 0 Å². The van der Waals surface area contributed by atoms with Crippen molar-refractivity contribution in [3.8, 4) is 11.5 Å². The first-order valence-corrected chi connectivity index (χ1v) is 6.88. The summed E-state index contributed by atoms with van der Waals surface area (Å²) in [6.45, 7) is 0.656. The van der Waals surface area contributed by atoms with Crippen LogP contribution in [0.4, 0.5) is 0 Å². The van der Waals surface area contributed by atoms with E-state index in [9.17, 15) is 5.11 Å². The van der Waals surface area contributed by atoms with Crippen LogP contribution >= 0.6 is 0 Å². The quantitative estimate of drug-likeness (QED) is 0.821. The number of rotatable bonds is 7. The van der Waals surface area contributed by atoms with Crippen molar-refractivity contribution >= 4 is 0 Å². The van der Waals surface area contributed by atoms with E-state index in [0.29, 0.717) is 6.54 Å². The summed E-state index contributed by atoms with van der Waals surface area (Å²) in [5.41, 5.74) is 2.05. The molecule has 0 radical (unpaired) electrons. The zero-order valence-electron chi connectivity index (χ0n) is 12.4. The number of hydrogen-bond acceptors (Lipinski definition) is 4. The van der Waals surface area contributed by atoms with Gasteiger partial charge in [0, 0.05) is 12.1 Å². The summed E-state index contributed by atoms with van der Waals surface area (Å²) >= 11 is 0. The predicted molar refractivity (Wildman–Crippen MR) is 82.7 cm³/mol. The molecule has 2 aromatic rings. The summed E-state index contributed by atoms with van der Waals surface area (Å²) in [6.07, 6.45) is 0. The van der Waals surface area contributed by atoms with Gasteiger partial charge in [-0.15, -0.1) is 0 Å². The molecule has 4 heteroatoms. The molecule has 0 fully saturated rings. The Kier molecular flexibility index (Phi) is 5.60. The van der Waals surface area contributed by atoms with Gasteiger partial charge in [-0.25, -0.2) is 0 Å². The van der Waals surface area contributed by atoms with Crippen molar-refractivity contribution in [1.82, 2.24) is 5.32 Å². The van der Waals surface area contributed by atoms with Crippen LogP contribution in [0.3, 0.4) is 0 Å². The van der Waals surface area contributed by atoms with Gasteiger partial charge < -0.3 is 19.9 Å². The minimum Gasteiger partial charge on any atom is -0.497 e. The van der Waals surface area contributed by atoms with Gasteiger partial charge in [0.15, 0.2) is 0 Å². The van der Waals surface area contributed by atoms with E-state index in [1.54, 1.807) is 14.2 Å². The molecule has 0 aliphatic rings. The molecule has 1 atom stereocenters. The molecule has 0 bridgehead atoms. The first-order chi connectivity index (χ1) is 10.3. The highest BCUT2D eigenvalue weighted by Crippen LogP contribution is 2.29. The third-order valence-electron chi connectivity index (χ3n) is 3.39. The van der Waals surface area contributed by atoms with Crippen LogP contribution < -0.4 is 14.8 Å². The molecular formula is C17H21NO3. The second-order valence-electron chi connectivity index (χ2n) is 4.71. The number of benzene rings is 2. The Morgan fingerprint density at radius 1 is 1.05 bits per heavy atom. The Morgan fingerprint density at radius 3 is 2.43 bits per heavy atom. The molecule has 0 amide bonds. The molecule has 0 aromatic heterocycles. The lowest BCUT2D eigenvalue weighted by Crippen LogP contribution is -2.24. The van der Waals surface area contributed by atoms with E-state index < -0.39 is 0 Å². The molecule has 4 nitrogen and oxygen atoms in total. The van der Waals surface area contributed by atoms with Crippen LogP contribution in [0.25, 0.3) is 0 Å². The molecule has 21 heavy (non-hydrogen) atoms. The molecule has 0 aliphatic carbocycles. The van der Waals surface area contributed by atoms with Gasteiger partial charge in [-0.2, -0.15) is 0 Å². The van der Waals surface area contributed by atoms with Crippen molar-refractivity contribution in [3.63, 3.8) is 0 Å². The number of ether oxygens (including phenoxy) is 2. The first-order valence-electron chi connectivity index (χ1n) is 6.88. The van der Waals surface area contributed by atoms with Gasteiger partial charge in [0.05, 0.1) is 26.9 Å². The largest absolute Gasteiger partial charge is 0.497 e. The second-order valence-corrected chi connectivity index (χ2v) is 4.71. The maximum atomic E-state index is 9.68. The molecule has 112 valence electrons. The summed E-state index contributed by atoms with van der Waals surface area (Å²) in [5.74, 6) is 1.47. The Labute approximate surface area is 125 Å². The van der Waals surface area contributed by atoms with Gasteiger partial charge in [-0.05, 0) is 23.8 Å². The Balaban J connectivity index is 2.16. The fourth-order valence-electron chi connectivity index (χ4n) is 2.22. The molecule has 0 spiro atoms. The van der Waals surface area contributed by atoms with Crippen molar-refractivity contribution < 1.29 is 14.6 Å². The number of nitrogens with one attached hydrogen (secondary N) is 1. The molecular weight excluding hydrogens is 266 g/mol. The van der Waals surface area contributed by atoms with E-state index in [2.05, 4.69) is 5.32 Å². The summed E-state index contributed by atoms with van der Waals surface area (Å²) < 4.78 is 10.6. The van der Waals surface area contributed by atoms with Crippen LogP contribution in [0.15, 0.2) is 48.5 Å². The third kappa shape index (κ3) is 3.97. The smallest absolute Gasteiger partial charge is 0.123 e. The monoisotopic (exact) mass is 287 g/mol. The summed E-state index contributed by atoms with van der Waals surface area (Å²) in [4.78, 5) is 0.